The van der Waals surface area contributed by atoms with Gasteiger partial charge in [0.15, 0.2) is 0 Å². The first-order valence-corrected chi connectivity index (χ1v) is 17.6. The third kappa shape index (κ3) is 8.91. The molecule has 6 nitrogen and oxygen atoms in total. The molecule has 10 rings (SSSR count). The summed E-state index contributed by atoms with van der Waals surface area (Å²) in [5.74, 6) is 7.44. The molecule has 2 N–H and O–H groups in total. The summed E-state index contributed by atoms with van der Waals surface area (Å²) in [5, 5.41) is 9.69. The van der Waals surface area contributed by atoms with Crippen LogP contribution in [0.25, 0.3) is 11.1 Å². The van der Waals surface area contributed by atoms with E-state index < -0.39 is 7.82 Å². The van der Waals surface area contributed by atoms with Crippen LogP contribution in [0.1, 0.15) is 89.2 Å². The summed E-state index contributed by atoms with van der Waals surface area (Å²) < 4.78 is 15.3. The van der Waals surface area contributed by atoms with Crippen LogP contribution in [0.4, 0.5) is 0 Å². The average Bonchev–Trinajstić information content (AvgIpc) is 2.91. The molecule has 0 saturated heterocycles. The van der Waals surface area contributed by atoms with Crippen molar-refractivity contribution >= 4 is 19.0 Å². The zero-order chi connectivity index (χ0) is 29.2. The van der Waals surface area contributed by atoms with E-state index in [2.05, 4.69) is 24.4 Å². The van der Waals surface area contributed by atoms with Gasteiger partial charge in [-0.1, -0.05) is 35.4 Å². The summed E-state index contributed by atoms with van der Waals surface area (Å²) in [6.07, 6.45) is 13.9. The van der Waals surface area contributed by atoms with E-state index in [1.54, 1.807) is 29.3 Å². The molecule has 8 aliphatic carbocycles. The molecule has 46 heavy (non-hydrogen) atoms. The molecule has 2 aromatic rings. The van der Waals surface area contributed by atoms with E-state index in [1.807, 2.05) is 18.2 Å². The number of hydrogen-bond acceptors (Lipinski definition) is 6. The molecule has 0 atom stereocenters. The summed E-state index contributed by atoms with van der Waals surface area (Å²) >= 11 is 0. The number of phenolic OH excluding ortho intramolecular Hbond substituents is 1. The van der Waals surface area contributed by atoms with Gasteiger partial charge >= 0.3 is 88.7 Å². The second-order valence-corrected chi connectivity index (χ2v) is 15.5. The van der Waals surface area contributed by atoms with Crippen LogP contribution >= 0.6 is 7.82 Å². The summed E-state index contributed by atoms with van der Waals surface area (Å²) in [5.41, 5.74) is 8.20. The number of phosphoric acid groups is 1. The van der Waals surface area contributed by atoms with Gasteiger partial charge in [0.2, 0.25) is 0 Å². The minimum Gasteiger partial charge on any atom is -0.870 e. The molecular formula is C36H44Na3O6P. The van der Waals surface area contributed by atoms with Crippen molar-refractivity contribution in [2.75, 3.05) is 0 Å². The average molecular weight is 673 g/mol. The van der Waals surface area contributed by atoms with Crippen molar-refractivity contribution in [2.24, 2.45) is 47.3 Å². The second-order valence-electron chi connectivity index (χ2n) is 14.4. The Bertz CT molecular complexity index is 1420. The molecule has 8 aliphatic rings. The molecule has 8 bridgehead atoms. The predicted octanol–water partition coefficient (Wildman–Crippen LogP) is -1.42. The van der Waals surface area contributed by atoms with Crippen LogP contribution in [0.2, 0.25) is 0 Å². The molecule has 0 unspecified atom stereocenters. The van der Waals surface area contributed by atoms with Crippen LogP contribution in [0, 0.1) is 47.3 Å². The number of hydrogen-bond donors (Lipinski definition) is 1. The Morgan fingerprint density at radius 3 is 1.39 bits per heavy atom. The van der Waals surface area contributed by atoms with Crippen molar-refractivity contribution < 1.29 is 118 Å². The molecular weight excluding hydrogens is 628 g/mol. The van der Waals surface area contributed by atoms with E-state index in [-0.39, 0.29) is 99.9 Å². The molecule has 8 saturated carbocycles. The molecule has 0 radical (unpaired) electrons. The Balaban J connectivity index is 0.000000233. The third-order valence-corrected chi connectivity index (χ3v) is 12.1. The van der Waals surface area contributed by atoms with Crippen LogP contribution in [0.15, 0.2) is 59.7 Å². The van der Waals surface area contributed by atoms with E-state index in [0.717, 1.165) is 41.1 Å². The minimum absolute atomic E-state index is 0. The molecule has 0 heterocycles. The van der Waals surface area contributed by atoms with Gasteiger partial charge in [0.05, 0.1) is 0 Å². The standard InChI is InChI=1S/C18H23O4P.C18H22O.3Na.H2O/c1-11(14-3-2-4-17(10-14)22-23(19,20)21)18-15-6-12-5-13(8-15)9-16(18)7-12;1-11(14-3-2-4-17(19)10-14)18-15-6-12-5-13(8-15)9-16(18)7-12;;;;/h2-4,10,12-13,15-16H,5-9H2,1H3,(H2,19,20,21);2-4,10,12-13,15-16,19H,5-9H2,1H3;;;;1H2/q;;3*+1;/p-3. The molecule has 0 spiro atoms. The fraction of sp³-hybridized carbons (Fsp3) is 0.556. The van der Waals surface area contributed by atoms with Crippen molar-refractivity contribution in [3.63, 3.8) is 0 Å². The van der Waals surface area contributed by atoms with Crippen molar-refractivity contribution in [1.29, 1.82) is 0 Å². The quantitative estimate of drug-likeness (QED) is 0.315. The van der Waals surface area contributed by atoms with Crippen LogP contribution in [-0.2, 0) is 4.57 Å². The summed E-state index contributed by atoms with van der Waals surface area (Å²) in [7, 11) is -5.01. The number of benzene rings is 2. The summed E-state index contributed by atoms with van der Waals surface area (Å²) in [6.45, 7) is 4.40. The number of allylic oxidation sites excluding steroid dienone is 4. The Kier molecular flexibility index (Phi) is 15.0. The first kappa shape index (κ1) is 41.1. The molecule has 232 valence electrons. The van der Waals surface area contributed by atoms with Crippen LogP contribution in [-0.4, -0.2) is 10.6 Å². The van der Waals surface area contributed by atoms with Gasteiger partial charge in [-0.25, -0.2) is 0 Å². The maximum Gasteiger partial charge on any atom is 1.00 e. The van der Waals surface area contributed by atoms with E-state index in [4.69, 9.17) is 0 Å². The topological polar surface area (TPSA) is 123 Å². The fourth-order valence-electron chi connectivity index (χ4n) is 10.6. The molecule has 0 amide bonds. The van der Waals surface area contributed by atoms with Crippen LogP contribution in [0.3, 0.4) is 0 Å². The van der Waals surface area contributed by atoms with Crippen molar-refractivity contribution in [1.82, 2.24) is 0 Å². The number of rotatable bonds is 4. The fourth-order valence-corrected chi connectivity index (χ4v) is 11.0. The molecule has 10 heteroatoms. The van der Waals surface area contributed by atoms with Crippen molar-refractivity contribution in [3.8, 4) is 11.5 Å². The summed E-state index contributed by atoms with van der Waals surface area (Å²) in [6, 6.07) is 14.7. The minimum atomic E-state index is -5.01. The van der Waals surface area contributed by atoms with E-state index in [9.17, 15) is 19.5 Å². The number of aromatic hydroxyl groups is 1. The Hall–Kier alpha value is 0.630. The van der Waals surface area contributed by atoms with E-state index >= 15 is 0 Å². The van der Waals surface area contributed by atoms with Gasteiger partial charge in [0.1, 0.15) is 19.3 Å². The van der Waals surface area contributed by atoms with Gasteiger partial charge < -0.3 is 29.5 Å². The van der Waals surface area contributed by atoms with Gasteiger partial charge in [0, 0.05) is 0 Å². The van der Waals surface area contributed by atoms with Crippen LogP contribution in [0.5, 0.6) is 11.5 Å². The van der Waals surface area contributed by atoms with Gasteiger partial charge in [0.25, 0.3) is 0 Å². The van der Waals surface area contributed by atoms with Gasteiger partial charge in [-0.15, -0.1) is 0 Å². The number of phosphoric ester groups is 1. The zero-order valence-corrected chi connectivity index (χ0v) is 35.2. The Morgan fingerprint density at radius 2 is 1.02 bits per heavy atom. The van der Waals surface area contributed by atoms with Gasteiger partial charge in [-0.2, -0.15) is 0 Å². The normalized spacial score (nSPS) is 30.9. The smallest absolute Gasteiger partial charge is 0.870 e. The predicted molar refractivity (Wildman–Crippen MR) is 164 cm³/mol. The number of phenols is 1. The van der Waals surface area contributed by atoms with E-state index in [1.165, 1.54) is 87.0 Å². The molecule has 2 aromatic carbocycles. The van der Waals surface area contributed by atoms with Gasteiger partial charge in [-0.05, 0) is 172 Å². The van der Waals surface area contributed by atoms with Crippen molar-refractivity contribution in [2.45, 2.75) is 78.1 Å². The maximum atomic E-state index is 10.8. The Labute approximate surface area is 341 Å². The third-order valence-electron chi connectivity index (χ3n) is 11.7. The molecule has 0 aromatic heterocycles. The van der Waals surface area contributed by atoms with Crippen LogP contribution < -0.4 is 103 Å². The van der Waals surface area contributed by atoms with Crippen molar-refractivity contribution in [3.05, 3.63) is 70.8 Å². The summed E-state index contributed by atoms with van der Waals surface area (Å²) in [4.78, 5) is 21.6. The first-order valence-electron chi connectivity index (χ1n) is 16.1. The zero-order valence-electron chi connectivity index (χ0n) is 28.3. The maximum absolute atomic E-state index is 10.8. The SMILES string of the molecule is CC(=C1C2CC3CC(C2)CC1C3)c1cccc(O)c1.CC(=C1C2CC3CC(C2)CC1C3)c1cccc(OP(=O)([O-])[O-])c1.[Na+].[Na+].[Na+].[OH-]. The monoisotopic (exact) mass is 672 g/mol. The van der Waals surface area contributed by atoms with Gasteiger partial charge in [-0.3, -0.25) is 0 Å². The first-order chi connectivity index (χ1) is 20.1. The Morgan fingerprint density at radius 1 is 0.652 bits per heavy atom. The largest absolute Gasteiger partial charge is 1.00 e. The molecule has 8 fully saturated rings. The molecule has 0 aliphatic heterocycles. The second kappa shape index (κ2) is 16.8. The van der Waals surface area contributed by atoms with E-state index in [0.29, 0.717) is 17.6 Å².